The van der Waals surface area contributed by atoms with Gasteiger partial charge in [-0.25, -0.2) is 9.59 Å². The predicted molar refractivity (Wildman–Crippen MR) is 150 cm³/mol. The minimum absolute atomic E-state index is 0.0523. The Balaban J connectivity index is 1.42. The molecule has 2 heterocycles. The first kappa shape index (κ1) is 27.9. The molecule has 12 nitrogen and oxygen atoms in total. The molecule has 0 bridgehead atoms. The van der Waals surface area contributed by atoms with E-state index < -0.39 is 22.8 Å². The number of hydrogen-bond donors (Lipinski definition) is 1. The molecule has 3 aromatic carbocycles. The van der Waals surface area contributed by atoms with Gasteiger partial charge in [0.05, 0.1) is 25.2 Å². The Morgan fingerprint density at radius 3 is 2.62 bits per heavy atom. The summed E-state index contributed by atoms with van der Waals surface area (Å²) in [4.78, 5) is 49.6. The SMILES string of the molecule is CCOc1cc(/C=C2\NC(=O)N(Cc3ccc(C(=O)OC)o3)C2=O)cc([N+](=O)[O-])c1OCc1cccc2ccccc12. The molecular formula is C30H25N3O9. The first-order chi connectivity index (χ1) is 20.3. The molecule has 42 heavy (non-hydrogen) atoms. The van der Waals surface area contributed by atoms with Crippen molar-refractivity contribution in [2.24, 2.45) is 0 Å². The van der Waals surface area contributed by atoms with Gasteiger partial charge in [-0.3, -0.25) is 19.8 Å². The van der Waals surface area contributed by atoms with E-state index in [9.17, 15) is 24.5 Å². The van der Waals surface area contributed by atoms with Gasteiger partial charge in [0, 0.05) is 6.07 Å². The highest BCUT2D eigenvalue weighted by Crippen LogP contribution is 2.40. The molecule has 5 rings (SSSR count). The van der Waals surface area contributed by atoms with Crippen molar-refractivity contribution < 1.29 is 37.9 Å². The maximum absolute atomic E-state index is 13.0. The molecular weight excluding hydrogens is 546 g/mol. The number of methoxy groups -OCH3 is 1. The second-order valence-electron chi connectivity index (χ2n) is 9.12. The van der Waals surface area contributed by atoms with Gasteiger partial charge in [-0.1, -0.05) is 42.5 Å². The topological polar surface area (TPSA) is 150 Å². The van der Waals surface area contributed by atoms with Gasteiger partial charge in [0.25, 0.3) is 5.91 Å². The minimum atomic E-state index is -0.725. The van der Waals surface area contributed by atoms with Crippen molar-refractivity contribution in [3.05, 3.63) is 105 Å². The van der Waals surface area contributed by atoms with Gasteiger partial charge in [0.2, 0.25) is 11.5 Å². The fraction of sp³-hybridized carbons (Fsp3) is 0.167. The normalized spacial score (nSPS) is 13.9. The zero-order valence-corrected chi connectivity index (χ0v) is 22.6. The molecule has 3 amide bonds. The summed E-state index contributed by atoms with van der Waals surface area (Å²) in [6, 6.07) is 18.3. The number of nitrogens with zero attached hydrogens (tertiary/aromatic N) is 2. The molecule has 1 aromatic heterocycles. The van der Waals surface area contributed by atoms with E-state index in [1.54, 1.807) is 6.92 Å². The lowest BCUT2D eigenvalue weighted by molar-refractivity contribution is -0.386. The standard InChI is InChI=1S/C30H25N3O9/c1-3-40-26-15-18(13-23-28(34)32(30(36)31-23)16-21-11-12-25(42-21)29(35)39-2)14-24(33(37)38)27(26)41-17-20-9-6-8-19-7-4-5-10-22(19)20/h4-15H,3,16-17H2,1-2H3,(H,31,36)/b23-13-. The van der Waals surface area contributed by atoms with Crippen LogP contribution in [0.1, 0.15) is 34.4 Å². The Kier molecular flexibility index (Phi) is 7.87. The first-order valence-electron chi connectivity index (χ1n) is 12.8. The summed E-state index contributed by atoms with van der Waals surface area (Å²) in [6.07, 6.45) is 1.31. The third kappa shape index (κ3) is 5.63. The highest BCUT2D eigenvalue weighted by molar-refractivity contribution is 6.14. The highest BCUT2D eigenvalue weighted by atomic mass is 16.6. The number of nitro groups is 1. The minimum Gasteiger partial charge on any atom is -0.490 e. The number of nitrogens with one attached hydrogen (secondary N) is 1. The average Bonchev–Trinajstić information content (AvgIpc) is 3.56. The van der Waals surface area contributed by atoms with Gasteiger partial charge in [-0.15, -0.1) is 0 Å². The van der Waals surface area contributed by atoms with Crippen molar-refractivity contribution in [3.8, 4) is 11.5 Å². The Bertz CT molecular complexity index is 1740. The van der Waals surface area contributed by atoms with Crippen LogP contribution in [0.25, 0.3) is 16.8 Å². The molecule has 0 saturated carbocycles. The molecule has 0 unspecified atom stereocenters. The predicted octanol–water partition coefficient (Wildman–Crippen LogP) is 5.20. The molecule has 1 saturated heterocycles. The molecule has 0 spiro atoms. The van der Waals surface area contributed by atoms with E-state index in [1.807, 2.05) is 42.5 Å². The second kappa shape index (κ2) is 11.8. The van der Waals surface area contributed by atoms with E-state index in [0.717, 1.165) is 21.2 Å². The molecule has 0 radical (unpaired) electrons. The van der Waals surface area contributed by atoms with Crippen LogP contribution >= 0.6 is 0 Å². The highest BCUT2D eigenvalue weighted by Gasteiger charge is 2.35. The third-order valence-electron chi connectivity index (χ3n) is 6.44. The van der Waals surface area contributed by atoms with E-state index >= 15 is 0 Å². The van der Waals surface area contributed by atoms with E-state index in [1.165, 1.54) is 37.5 Å². The van der Waals surface area contributed by atoms with Gasteiger partial charge in [0.15, 0.2) is 5.75 Å². The molecule has 214 valence electrons. The van der Waals surface area contributed by atoms with Crippen LogP contribution in [0, 0.1) is 10.1 Å². The van der Waals surface area contributed by atoms with E-state index in [-0.39, 0.29) is 59.7 Å². The number of fused-ring (bicyclic) bond motifs is 1. The monoisotopic (exact) mass is 571 g/mol. The number of ether oxygens (including phenoxy) is 3. The summed E-state index contributed by atoms with van der Waals surface area (Å²) in [5.74, 6) is -1.22. The van der Waals surface area contributed by atoms with Crippen molar-refractivity contribution >= 4 is 40.4 Å². The van der Waals surface area contributed by atoms with Crippen LogP contribution in [0.5, 0.6) is 11.5 Å². The summed E-state index contributed by atoms with van der Waals surface area (Å²) >= 11 is 0. The van der Waals surface area contributed by atoms with Crippen molar-refractivity contribution in [1.82, 2.24) is 10.2 Å². The Hall–Kier alpha value is -5.65. The number of carbonyl (C=O) groups is 3. The van der Waals surface area contributed by atoms with Crippen LogP contribution in [0.2, 0.25) is 0 Å². The summed E-state index contributed by atoms with van der Waals surface area (Å²) in [5.41, 5.74) is 0.596. The van der Waals surface area contributed by atoms with Gasteiger partial charge in [0.1, 0.15) is 18.1 Å². The van der Waals surface area contributed by atoms with E-state index in [2.05, 4.69) is 10.1 Å². The van der Waals surface area contributed by atoms with Crippen molar-refractivity contribution in [2.45, 2.75) is 20.1 Å². The van der Waals surface area contributed by atoms with Crippen LogP contribution in [0.3, 0.4) is 0 Å². The Labute approximate surface area is 239 Å². The quantitative estimate of drug-likeness (QED) is 0.0891. The first-order valence-corrected chi connectivity index (χ1v) is 12.8. The number of hydrogen-bond acceptors (Lipinski definition) is 9. The largest absolute Gasteiger partial charge is 0.490 e. The van der Waals surface area contributed by atoms with Crippen molar-refractivity contribution in [1.29, 1.82) is 0 Å². The number of imide groups is 1. The number of amides is 3. The van der Waals surface area contributed by atoms with Gasteiger partial charge in [-0.2, -0.15) is 0 Å². The van der Waals surface area contributed by atoms with Crippen molar-refractivity contribution in [2.75, 3.05) is 13.7 Å². The van der Waals surface area contributed by atoms with Crippen LogP contribution in [-0.4, -0.2) is 41.4 Å². The van der Waals surface area contributed by atoms with E-state index in [4.69, 9.17) is 13.9 Å². The molecule has 1 N–H and O–H groups in total. The molecule has 4 aromatic rings. The van der Waals surface area contributed by atoms with E-state index in [0.29, 0.717) is 0 Å². The number of nitro benzene ring substituents is 1. The lowest BCUT2D eigenvalue weighted by Crippen LogP contribution is -2.30. The van der Waals surface area contributed by atoms with Gasteiger partial charge in [-0.05, 0) is 53.1 Å². The third-order valence-corrected chi connectivity index (χ3v) is 6.44. The maximum atomic E-state index is 13.0. The fourth-order valence-corrected chi connectivity index (χ4v) is 4.51. The number of furan rings is 1. The summed E-state index contributed by atoms with van der Waals surface area (Å²) in [5, 5.41) is 16.5. The number of rotatable bonds is 10. The number of urea groups is 1. The number of esters is 1. The smallest absolute Gasteiger partial charge is 0.373 e. The lowest BCUT2D eigenvalue weighted by atomic mass is 10.1. The van der Waals surface area contributed by atoms with Gasteiger partial charge < -0.3 is 23.9 Å². The Morgan fingerprint density at radius 2 is 1.86 bits per heavy atom. The zero-order chi connectivity index (χ0) is 29.8. The molecule has 0 aliphatic carbocycles. The van der Waals surface area contributed by atoms with Crippen molar-refractivity contribution in [3.63, 3.8) is 0 Å². The second-order valence-corrected chi connectivity index (χ2v) is 9.12. The maximum Gasteiger partial charge on any atom is 0.373 e. The van der Waals surface area contributed by atoms with Gasteiger partial charge >= 0.3 is 17.7 Å². The van der Waals surface area contributed by atoms with Crippen LogP contribution in [0.15, 0.2) is 76.8 Å². The zero-order valence-electron chi connectivity index (χ0n) is 22.6. The molecule has 1 aliphatic heterocycles. The fourth-order valence-electron chi connectivity index (χ4n) is 4.51. The summed E-state index contributed by atoms with van der Waals surface area (Å²) in [7, 11) is 1.20. The molecule has 1 aliphatic rings. The lowest BCUT2D eigenvalue weighted by Gasteiger charge is -2.14. The summed E-state index contributed by atoms with van der Waals surface area (Å²) < 4.78 is 21.6. The van der Waals surface area contributed by atoms with Crippen LogP contribution < -0.4 is 14.8 Å². The van der Waals surface area contributed by atoms with Crippen LogP contribution in [0.4, 0.5) is 10.5 Å². The number of benzene rings is 3. The summed E-state index contributed by atoms with van der Waals surface area (Å²) in [6.45, 7) is 1.73. The molecule has 1 fully saturated rings. The molecule has 0 atom stereocenters. The Morgan fingerprint density at radius 1 is 1.07 bits per heavy atom. The van der Waals surface area contributed by atoms with Crippen LogP contribution in [-0.2, 0) is 22.7 Å². The molecule has 12 heteroatoms. The number of carbonyl (C=O) groups excluding carboxylic acids is 3. The average molecular weight is 572 g/mol.